The Kier molecular flexibility index (Phi) is 2.87. The summed E-state index contributed by atoms with van der Waals surface area (Å²) in [5.41, 5.74) is 0.974. The lowest BCUT2D eigenvalue weighted by Crippen LogP contribution is -2.23. The van der Waals surface area contributed by atoms with Gasteiger partial charge in [0.1, 0.15) is 5.01 Å². The molecule has 1 fully saturated rings. The molecule has 0 radical (unpaired) electrons. The Balaban J connectivity index is 1.76. The Bertz CT molecular complexity index is 615. The maximum atomic E-state index is 12.1. The zero-order valence-corrected chi connectivity index (χ0v) is 10.9. The van der Waals surface area contributed by atoms with Crippen LogP contribution < -0.4 is 10.9 Å². The van der Waals surface area contributed by atoms with Gasteiger partial charge in [0.25, 0.3) is 5.56 Å². The molecule has 0 amide bonds. The lowest BCUT2D eigenvalue weighted by Gasteiger charge is -2.06. The molecule has 0 aromatic carbocycles. The largest absolute Gasteiger partial charge is 0.359 e. The number of hydrogen-bond acceptors (Lipinski definition) is 5. The average Bonchev–Trinajstić information content (AvgIpc) is 3.11. The first-order valence-corrected chi connectivity index (χ1v) is 6.84. The van der Waals surface area contributed by atoms with Crippen LogP contribution in [0, 0.1) is 6.92 Å². The first-order valence-electron chi connectivity index (χ1n) is 5.96. The Labute approximate surface area is 109 Å². The fourth-order valence-corrected chi connectivity index (χ4v) is 2.54. The molecule has 1 saturated carbocycles. The van der Waals surface area contributed by atoms with Gasteiger partial charge in [0, 0.05) is 29.5 Å². The van der Waals surface area contributed by atoms with E-state index in [9.17, 15) is 4.79 Å². The summed E-state index contributed by atoms with van der Waals surface area (Å²) >= 11 is 1.59. The Morgan fingerprint density at radius 1 is 1.56 bits per heavy atom. The van der Waals surface area contributed by atoms with Gasteiger partial charge in [-0.1, -0.05) is 0 Å². The zero-order valence-electron chi connectivity index (χ0n) is 10.1. The van der Waals surface area contributed by atoms with E-state index in [0.717, 1.165) is 23.5 Å². The minimum atomic E-state index is -0.0340. The van der Waals surface area contributed by atoms with Crippen LogP contribution in [0.25, 0.3) is 0 Å². The number of hydrogen-bond donors (Lipinski definition) is 1. The molecule has 3 rings (SSSR count). The number of anilines is 1. The molecule has 2 heterocycles. The van der Waals surface area contributed by atoms with Gasteiger partial charge in [0.15, 0.2) is 5.82 Å². The van der Waals surface area contributed by atoms with E-state index in [4.69, 9.17) is 0 Å². The minimum Gasteiger partial charge on any atom is -0.359 e. The third-order valence-corrected chi connectivity index (χ3v) is 3.85. The van der Waals surface area contributed by atoms with Crippen molar-refractivity contribution in [1.82, 2.24) is 14.5 Å². The van der Waals surface area contributed by atoms with Gasteiger partial charge in [-0.25, -0.2) is 9.97 Å². The maximum Gasteiger partial charge on any atom is 0.293 e. The summed E-state index contributed by atoms with van der Waals surface area (Å²) < 4.78 is 1.77. The number of nitrogens with one attached hydrogen (secondary N) is 1. The summed E-state index contributed by atoms with van der Waals surface area (Å²) in [6.45, 7) is 2.51. The standard InChI is InChI=1S/C12H14N4OS/c1-8-7-18-10(15-8)6-14-11-12(17)16(5-4-13-11)9-2-3-9/h4-5,7,9H,2-3,6H2,1H3,(H,13,14). The second-order valence-corrected chi connectivity index (χ2v) is 5.40. The molecule has 0 atom stereocenters. The smallest absolute Gasteiger partial charge is 0.293 e. The molecule has 18 heavy (non-hydrogen) atoms. The number of aromatic nitrogens is 3. The van der Waals surface area contributed by atoms with Crippen LogP contribution in [0.5, 0.6) is 0 Å². The molecule has 0 aliphatic heterocycles. The molecule has 0 spiro atoms. The van der Waals surface area contributed by atoms with Gasteiger partial charge in [0.05, 0.1) is 6.54 Å². The third-order valence-electron chi connectivity index (χ3n) is 2.88. The van der Waals surface area contributed by atoms with Crippen molar-refractivity contribution in [2.24, 2.45) is 0 Å². The summed E-state index contributed by atoms with van der Waals surface area (Å²) in [5, 5.41) is 6.04. The van der Waals surface area contributed by atoms with Crippen LogP contribution in [0.1, 0.15) is 29.6 Å². The van der Waals surface area contributed by atoms with E-state index in [0.29, 0.717) is 18.4 Å². The van der Waals surface area contributed by atoms with Crippen molar-refractivity contribution in [1.29, 1.82) is 0 Å². The molecular weight excluding hydrogens is 248 g/mol. The van der Waals surface area contributed by atoms with E-state index in [2.05, 4.69) is 15.3 Å². The Hall–Kier alpha value is -1.69. The van der Waals surface area contributed by atoms with E-state index in [-0.39, 0.29) is 5.56 Å². The molecular formula is C12H14N4OS. The van der Waals surface area contributed by atoms with Gasteiger partial charge in [-0.15, -0.1) is 11.3 Å². The number of aryl methyl sites for hydroxylation is 1. The highest BCUT2D eigenvalue weighted by Gasteiger charge is 2.25. The normalized spacial score (nSPS) is 14.7. The van der Waals surface area contributed by atoms with Crippen LogP contribution in [0.2, 0.25) is 0 Å². The van der Waals surface area contributed by atoms with E-state index in [1.54, 1.807) is 28.3 Å². The predicted molar refractivity (Wildman–Crippen MR) is 70.9 cm³/mol. The topological polar surface area (TPSA) is 59.8 Å². The molecule has 1 aliphatic rings. The van der Waals surface area contributed by atoms with Crippen LogP contribution in [0.4, 0.5) is 5.82 Å². The first kappa shape index (κ1) is 11.4. The predicted octanol–water partition coefficient (Wildman–Crippen LogP) is 1.96. The van der Waals surface area contributed by atoms with Gasteiger partial charge in [-0.05, 0) is 19.8 Å². The molecule has 6 heteroatoms. The summed E-state index contributed by atoms with van der Waals surface area (Å²) in [6.07, 6.45) is 5.62. The molecule has 1 aliphatic carbocycles. The van der Waals surface area contributed by atoms with Crippen molar-refractivity contribution in [2.75, 3.05) is 5.32 Å². The van der Waals surface area contributed by atoms with Gasteiger partial charge in [0.2, 0.25) is 0 Å². The van der Waals surface area contributed by atoms with Crippen molar-refractivity contribution in [2.45, 2.75) is 32.4 Å². The highest BCUT2D eigenvalue weighted by molar-refractivity contribution is 7.09. The Morgan fingerprint density at radius 3 is 3.06 bits per heavy atom. The molecule has 0 unspecified atom stereocenters. The van der Waals surface area contributed by atoms with Crippen LogP contribution in [0.15, 0.2) is 22.6 Å². The molecule has 0 bridgehead atoms. The van der Waals surface area contributed by atoms with Gasteiger partial charge in [-0.3, -0.25) is 4.79 Å². The molecule has 0 saturated heterocycles. The summed E-state index contributed by atoms with van der Waals surface area (Å²) in [7, 11) is 0. The fraction of sp³-hybridized carbons (Fsp3) is 0.417. The van der Waals surface area contributed by atoms with Crippen molar-refractivity contribution in [3.8, 4) is 0 Å². The first-order chi connectivity index (χ1) is 8.74. The monoisotopic (exact) mass is 262 g/mol. The Morgan fingerprint density at radius 2 is 2.39 bits per heavy atom. The molecule has 94 valence electrons. The lowest BCUT2D eigenvalue weighted by atomic mass is 10.5. The van der Waals surface area contributed by atoms with Gasteiger partial charge in [-0.2, -0.15) is 0 Å². The van der Waals surface area contributed by atoms with Gasteiger partial charge >= 0.3 is 0 Å². The van der Waals surface area contributed by atoms with Crippen LogP contribution in [-0.4, -0.2) is 14.5 Å². The molecule has 2 aromatic heterocycles. The van der Waals surface area contributed by atoms with Crippen LogP contribution >= 0.6 is 11.3 Å². The van der Waals surface area contributed by atoms with Crippen molar-refractivity contribution in [3.05, 3.63) is 38.8 Å². The van der Waals surface area contributed by atoms with E-state index in [1.165, 1.54) is 0 Å². The SMILES string of the molecule is Cc1csc(CNc2nccn(C3CC3)c2=O)n1. The molecule has 1 N–H and O–H groups in total. The summed E-state index contributed by atoms with van der Waals surface area (Å²) in [4.78, 5) is 20.5. The maximum absolute atomic E-state index is 12.1. The minimum absolute atomic E-state index is 0.0340. The quantitative estimate of drug-likeness (QED) is 0.915. The second kappa shape index (κ2) is 4.53. The van der Waals surface area contributed by atoms with Crippen molar-refractivity contribution < 1.29 is 0 Å². The molecule has 2 aromatic rings. The third kappa shape index (κ3) is 2.28. The number of thiazole rings is 1. The average molecular weight is 262 g/mol. The van der Waals surface area contributed by atoms with Crippen molar-refractivity contribution in [3.63, 3.8) is 0 Å². The second-order valence-electron chi connectivity index (χ2n) is 4.46. The zero-order chi connectivity index (χ0) is 12.5. The van der Waals surface area contributed by atoms with Gasteiger partial charge < -0.3 is 9.88 Å². The highest BCUT2D eigenvalue weighted by atomic mass is 32.1. The molecule has 5 nitrogen and oxygen atoms in total. The van der Waals surface area contributed by atoms with Crippen LogP contribution in [-0.2, 0) is 6.54 Å². The van der Waals surface area contributed by atoms with E-state index in [1.807, 2.05) is 12.3 Å². The van der Waals surface area contributed by atoms with E-state index >= 15 is 0 Å². The van der Waals surface area contributed by atoms with E-state index < -0.39 is 0 Å². The highest BCUT2D eigenvalue weighted by Crippen LogP contribution is 2.33. The summed E-state index contributed by atoms with van der Waals surface area (Å²) in [5.74, 6) is 0.414. The fourth-order valence-electron chi connectivity index (χ4n) is 1.83. The number of rotatable bonds is 4. The summed E-state index contributed by atoms with van der Waals surface area (Å²) in [6, 6.07) is 0.378. The van der Waals surface area contributed by atoms with Crippen molar-refractivity contribution >= 4 is 17.2 Å². The number of nitrogens with zero attached hydrogens (tertiary/aromatic N) is 3. The van der Waals surface area contributed by atoms with Crippen LogP contribution in [0.3, 0.4) is 0 Å². The lowest BCUT2D eigenvalue weighted by molar-refractivity contribution is 0.699.